The molecule has 1 aliphatic heterocycles. The summed E-state index contributed by atoms with van der Waals surface area (Å²) in [5.74, 6) is 2.07. The molecule has 3 atom stereocenters. The van der Waals surface area contributed by atoms with E-state index in [0.29, 0.717) is 23.7 Å². The van der Waals surface area contributed by atoms with Crippen molar-refractivity contribution in [3.63, 3.8) is 0 Å². The number of hydrogen-bond donors (Lipinski definition) is 0. The van der Waals surface area contributed by atoms with Crippen LogP contribution in [0.3, 0.4) is 0 Å². The number of fused-ring (bicyclic) bond motifs is 1. The summed E-state index contributed by atoms with van der Waals surface area (Å²) in [7, 11) is 0. The van der Waals surface area contributed by atoms with E-state index in [-0.39, 0.29) is 6.09 Å². The Bertz CT molecular complexity index is 633. The van der Waals surface area contributed by atoms with E-state index in [4.69, 9.17) is 9.73 Å². The lowest BCUT2D eigenvalue weighted by Crippen LogP contribution is -2.37. The number of amides is 1. The summed E-state index contributed by atoms with van der Waals surface area (Å²) in [5, 5.41) is 0. The number of likely N-dealkylation sites (tertiary alicyclic amines) is 1. The van der Waals surface area contributed by atoms with E-state index < -0.39 is 5.60 Å². The van der Waals surface area contributed by atoms with Gasteiger partial charge in [-0.1, -0.05) is 32.0 Å². The molecule has 2 fully saturated rings. The highest BCUT2D eigenvalue weighted by Gasteiger charge is 2.56. The summed E-state index contributed by atoms with van der Waals surface area (Å²) in [5.41, 5.74) is 1.93. The molecule has 1 aromatic rings. The molecule has 0 bridgehead atoms. The van der Waals surface area contributed by atoms with Gasteiger partial charge in [-0.25, -0.2) is 4.79 Å². The number of benzene rings is 1. The van der Waals surface area contributed by atoms with Gasteiger partial charge in [0.1, 0.15) is 5.60 Å². The Morgan fingerprint density at radius 1 is 1.25 bits per heavy atom. The molecule has 0 aromatic heterocycles. The van der Waals surface area contributed by atoms with Crippen LogP contribution in [0.2, 0.25) is 0 Å². The Morgan fingerprint density at radius 2 is 1.88 bits per heavy atom. The highest BCUT2D eigenvalue weighted by molar-refractivity contribution is 5.74. The zero-order valence-corrected chi connectivity index (χ0v) is 15.3. The first-order chi connectivity index (χ1) is 11.3. The second-order valence-electron chi connectivity index (χ2n) is 8.28. The Labute approximate surface area is 144 Å². The van der Waals surface area contributed by atoms with Crippen molar-refractivity contribution in [2.24, 2.45) is 22.7 Å². The number of ether oxygens (including phenoxy) is 1. The molecule has 4 nitrogen and oxygen atoms in total. The molecule has 1 saturated heterocycles. The van der Waals surface area contributed by atoms with Crippen LogP contribution in [-0.2, 0) is 4.74 Å². The topological polar surface area (TPSA) is 41.9 Å². The zero-order chi connectivity index (χ0) is 17.5. The second kappa shape index (κ2) is 6.23. The number of para-hydroxylation sites is 1. The number of carbonyl (C=O) groups excluding carboxylic acids is 1. The van der Waals surface area contributed by atoms with Crippen molar-refractivity contribution in [2.45, 2.75) is 46.1 Å². The monoisotopic (exact) mass is 328 g/mol. The molecule has 1 amide bonds. The van der Waals surface area contributed by atoms with Gasteiger partial charge in [-0.05, 0) is 50.2 Å². The molecule has 1 unspecified atom stereocenters. The minimum absolute atomic E-state index is 0.185. The molecule has 1 heterocycles. The van der Waals surface area contributed by atoms with E-state index in [1.54, 1.807) is 0 Å². The van der Waals surface area contributed by atoms with Crippen LogP contribution >= 0.6 is 0 Å². The number of hydrogen-bond acceptors (Lipinski definition) is 3. The lowest BCUT2D eigenvalue weighted by molar-refractivity contribution is 0.0270. The molecule has 1 aromatic carbocycles. The van der Waals surface area contributed by atoms with Crippen molar-refractivity contribution in [1.29, 1.82) is 0 Å². The van der Waals surface area contributed by atoms with Crippen LogP contribution in [0, 0.1) is 17.8 Å². The number of nitrogens with zero attached hydrogens (tertiary/aromatic N) is 2. The number of aliphatic imine (C=N–C) groups is 1. The van der Waals surface area contributed by atoms with E-state index in [1.807, 2.05) is 31.7 Å². The minimum Gasteiger partial charge on any atom is -0.444 e. The predicted octanol–water partition coefficient (Wildman–Crippen LogP) is 4.63. The third-order valence-corrected chi connectivity index (χ3v) is 4.86. The maximum absolute atomic E-state index is 12.1. The Morgan fingerprint density at radius 3 is 2.46 bits per heavy atom. The Hall–Kier alpha value is -1.84. The summed E-state index contributed by atoms with van der Waals surface area (Å²) in [6.07, 6.45) is 1.92. The maximum Gasteiger partial charge on any atom is 0.410 e. The molecular weight excluding hydrogens is 300 g/mol. The molecular formula is C20H28N2O2. The molecule has 0 N–H and O–H groups in total. The maximum atomic E-state index is 12.1. The van der Waals surface area contributed by atoms with Gasteiger partial charge in [0.25, 0.3) is 0 Å². The quantitative estimate of drug-likeness (QED) is 0.759. The van der Waals surface area contributed by atoms with Gasteiger partial charge in [0.2, 0.25) is 0 Å². The lowest BCUT2D eigenvalue weighted by atomic mass is 10.0. The molecule has 24 heavy (non-hydrogen) atoms. The number of piperidine rings is 1. The summed E-state index contributed by atoms with van der Waals surface area (Å²) in [4.78, 5) is 18.7. The summed E-state index contributed by atoms with van der Waals surface area (Å²) in [6, 6.07) is 8.34. The third-order valence-electron chi connectivity index (χ3n) is 4.86. The van der Waals surface area contributed by atoms with Crippen molar-refractivity contribution >= 4 is 18.0 Å². The Kier molecular flexibility index (Phi) is 4.41. The summed E-state index contributed by atoms with van der Waals surface area (Å²) < 4.78 is 5.45. The fourth-order valence-corrected chi connectivity index (χ4v) is 3.53. The first-order valence-corrected chi connectivity index (χ1v) is 8.87. The molecule has 130 valence electrons. The van der Waals surface area contributed by atoms with Gasteiger partial charge in [-0.15, -0.1) is 0 Å². The van der Waals surface area contributed by atoms with Gasteiger partial charge in [0.05, 0.1) is 5.69 Å². The van der Waals surface area contributed by atoms with E-state index >= 15 is 0 Å². The van der Waals surface area contributed by atoms with Crippen molar-refractivity contribution in [3.8, 4) is 0 Å². The van der Waals surface area contributed by atoms with Crippen LogP contribution in [0.1, 0.15) is 46.1 Å². The van der Waals surface area contributed by atoms with Crippen molar-refractivity contribution in [2.75, 3.05) is 13.1 Å². The SMILES string of the molecule is CC(C)c1ccccc1N=CC1[C@H]2CN(C(=O)OC(C)(C)C)C[C@@H]12. The fourth-order valence-electron chi connectivity index (χ4n) is 3.53. The standard InChI is InChI=1S/C20H28N2O2/c1-13(2)14-8-6-7-9-18(14)21-10-15-16-11-22(12-17(15)16)19(23)24-20(3,4)5/h6-10,13,15-17H,11-12H2,1-5H3/t15?,16-,17+. The molecule has 1 aliphatic carbocycles. The average molecular weight is 328 g/mol. The molecule has 0 radical (unpaired) electrons. The van der Waals surface area contributed by atoms with E-state index in [2.05, 4.69) is 38.3 Å². The first-order valence-electron chi connectivity index (χ1n) is 8.87. The highest BCUT2D eigenvalue weighted by Crippen LogP contribution is 2.51. The average Bonchev–Trinajstić information content (AvgIpc) is 2.93. The van der Waals surface area contributed by atoms with E-state index in [1.165, 1.54) is 5.56 Å². The number of rotatable bonds is 3. The van der Waals surface area contributed by atoms with Crippen molar-refractivity contribution < 1.29 is 9.53 Å². The van der Waals surface area contributed by atoms with Gasteiger partial charge in [-0.3, -0.25) is 4.99 Å². The number of carbonyl (C=O) groups is 1. The van der Waals surface area contributed by atoms with Gasteiger partial charge >= 0.3 is 6.09 Å². The van der Waals surface area contributed by atoms with Gasteiger partial charge < -0.3 is 9.64 Å². The second-order valence-corrected chi connectivity index (χ2v) is 8.28. The Balaban J connectivity index is 1.56. The normalized spacial score (nSPS) is 26.1. The molecule has 4 heteroatoms. The van der Waals surface area contributed by atoms with Crippen LogP contribution in [-0.4, -0.2) is 35.9 Å². The smallest absolute Gasteiger partial charge is 0.410 e. The summed E-state index contributed by atoms with van der Waals surface area (Å²) in [6.45, 7) is 11.7. The van der Waals surface area contributed by atoms with Crippen LogP contribution in [0.5, 0.6) is 0 Å². The molecule has 1 saturated carbocycles. The van der Waals surface area contributed by atoms with Crippen molar-refractivity contribution in [1.82, 2.24) is 4.90 Å². The highest BCUT2D eigenvalue weighted by atomic mass is 16.6. The van der Waals surface area contributed by atoms with Crippen molar-refractivity contribution in [3.05, 3.63) is 29.8 Å². The molecule has 3 rings (SSSR count). The fraction of sp³-hybridized carbons (Fsp3) is 0.600. The van der Waals surface area contributed by atoms with E-state index in [0.717, 1.165) is 18.8 Å². The van der Waals surface area contributed by atoms with Crippen LogP contribution in [0.15, 0.2) is 29.3 Å². The van der Waals surface area contributed by atoms with E-state index in [9.17, 15) is 4.79 Å². The van der Waals surface area contributed by atoms with Gasteiger partial charge in [0.15, 0.2) is 0 Å². The van der Waals surface area contributed by atoms with Crippen LogP contribution in [0.4, 0.5) is 10.5 Å². The predicted molar refractivity (Wildman–Crippen MR) is 97.0 cm³/mol. The zero-order valence-electron chi connectivity index (χ0n) is 15.3. The van der Waals surface area contributed by atoms with Crippen LogP contribution in [0.25, 0.3) is 0 Å². The largest absolute Gasteiger partial charge is 0.444 e. The minimum atomic E-state index is -0.425. The van der Waals surface area contributed by atoms with Gasteiger partial charge in [-0.2, -0.15) is 0 Å². The lowest BCUT2D eigenvalue weighted by Gasteiger charge is -2.25. The first kappa shape index (κ1) is 17.0. The molecule has 0 spiro atoms. The third kappa shape index (κ3) is 3.63. The van der Waals surface area contributed by atoms with Gasteiger partial charge in [0, 0.05) is 25.2 Å². The summed E-state index contributed by atoms with van der Waals surface area (Å²) >= 11 is 0. The molecule has 2 aliphatic rings. The van der Waals surface area contributed by atoms with Crippen LogP contribution < -0.4 is 0 Å².